The standard InChI is InChI=1S/C14H17Cl2NO/c15-12-8-7-10(9-13(12)16)14(18)17-11-5-3-1-2-4-6-11/h7-9,11H,1-6H2,(H,17,18). The molecule has 1 aromatic carbocycles. The summed E-state index contributed by atoms with van der Waals surface area (Å²) in [7, 11) is 0. The molecule has 0 atom stereocenters. The molecular weight excluding hydrogens is 269 g/mol. The van der Waals surface area contributed by atoms with Gasteiger partial charge in [-0.15, -0.1) is 0 Å². The van der Waals surface area contributed by atoms with Gasteiger partial charge in [0.25, 0.3) is 5.91 Å². The Labute approximate surface area is 118 Å². The minimum absolute atomic E-state index is 0.0551. The molecule has 2 rings (SSSR count). The number of benzene rings is 1. The van der Waals surface area contributed by atoms with Gasteiger partial charge in [-0.1, -0.05) is 48.9 Å². The van der Waals surface area contributed by atoms with Crippen LogP contribution in [-0.4, -0.2) is 11.9 Å². The maximum atomic E-state index is 12.1. The van der Waals surface area contributed by atoms with Crippen molar-refractivity contribution in [2.24, 2.45) is 0 Å². The van der Waals surface area contributed by atoms with E-state index in [1.807, 2.05) is 0 Å². The lowest BCUT2D eigenvalue weighted by atomic mass is 10.1. The number of nitrogens with one attached hydrogen (secondary N) is 1. The first-order valence-electron chi connectivity index (χ1n) is 6.43. The Morgan fingerprint density at radius 2 is 1.72 bits per heavy atom. The fourth-order valence-corrected chi connectivity index (χ4v) is 2.63. The molecule has 1 aliphatic carbocycles. The molecule has 0 unspecified atom stereocenters. The fourth-order valence-electron chi connectivity index (χ4n) is 2.33. The molecule has 0 aromatic heterocycles. The minimum Gasteiger partial charge on any atom is -0.349 e. The van der Waals surface area contributed by atoms with E-state index in [1.165, 1.54) is 25.7 Å². The maximum absolute atomic E-state index is 12.1. The van der Waals surface area contributed by atoms with Crippen molar-refractivity contribution in [2.75, 3.05) is 0 Å². The van der Waals surface area contributed by atoms with Gasteiger partial charge in [-0.05, 0) is 31.0 Å². The molecular formula is C14H17Cl2NO. The van der Waals surface area contributed by atoms with Crippen LogP contribution in [0, 0.1) is 0 Å². The summed E-state index contributed by atoms with van der Waals surface area (Å²) < 4.78 is 0. The highest BCUT2D eigenvalue weighted by molar-refractivity contribution is 6.42. The van der Waals surface area contributed by atoms with Crippen molar-refractivity contribution < 1.29 is 4.79 Å². The van der Waals surface area contributed by atoms with Crippen molar-refractivity contribution >= 4 is 29.1 Å². The van der Waals surface area contributed by atoms with Crippen LogP contribution in [0.5, 0.6) is 0 Å². The predicted octanol–water partition coefficient (Wildman–Crippen LogP) is 4.45. The van der Waals surface area contributed by atoms with Crippen molar-refractivity contribution in [3.63, 3.8) is 0 Å². The Morgan fingerprint density at radius 3 is 2.33 bits per heavy atom. The first kappa shape index (κ1) is 13.7. The summed E-state index contributed by atoms with van der Waals surface area (Å²) in [5.41, 5.74) is 0.577. The second-order valence-corrected chi connectivity index (χ2v) is 5.61. The van der Waals surface area contributed by atoms with Gasteiger partial charge in [0, 0.05) is 11.6 Å². The lowest BCUT2D eigenvalue weighted by Gasteiger charge is -2.16. The smallest absolute Gasteiger partial charge is 0.251 e. The van der Waals surface area contributed by atoms with Gasteiger partial charge in [0.15, 0.2) is 0 Å². The van der Waals surface area contributed by atoms with Gasteiger partial charge in [0.2, 0.25) is 0 Å². The van der Waals surface area contributed by atoms with Crippen molar-refractivity contribution in [3.05, 3.63) is 33.8 Å². The molecule has 0 saturated heterocycles. The second-order valence-electron chi connectivity index (χ2n) is 4.79. The van der Waals surface area contributed by atoms with E-state index in [0.29, 0.717) is 21.7 Å². The number of rotatable bonds is 2. The van der Waals surface area contributed by atoms with Crippen molar-refractivity contribution in [3.8, 4) is 0 Å². The van der Waals surface area contributed by atoms with E-state index in [0.717, 1.165) is 12.8 Å². The lowest BCUT2D eigenvalue weighted by molar-refractivity contribution is 0.0933. The van der Waals surface area contributed by atoms with E-state index in [4.69, 9.17) is 23.2 Å². The molecule has 0 aliphatic heterocycles. The number of hydrogen-bond acceptors (Lipinski definition) is 1. The average molecular weight is 286 g/mol. The highest BCUT2D eigenvalue weighted by atomic mass is 35.5. The van der Waals surface area contributed by atoms with Crippen LogP contribution in [0.25, 0.3) is 0 Å². The van der Waals surface area contributed by atoms with Crippen LogP contribution in [0.2, 0.25) is 10.0 Å². The van der Waals surface area contributed by atoms with E-state index < -0.39 is 0 Å². The van der Waals surface area contributed by atoms with Gasteiger partial charge >= 0.3 is 0 Å². The fraction of sp³-hybridized carbons (Fsp3) is 0.500. The predicted molar refractivity (Wildman–Crippen MR) is 75.4 cm³/mol. The second kappa shape index (κ2) is 6.44. The van der Waals surface area contributed by atoms with Crippen LogP contribution < -0.4 is 5.32 Å². The molecule has 4 heteroatoms. The quantitative estimate of drug-likeness (QED) is 0.800. The van der Waals surface area contributed by atoms with E-state index in [9.17, 15) is 4.79 Å². The van der Waals surface area contributed by atoms with Crippen LogP contribution in [0.4, 0.5) is 0 Å². The summed E-state index contributed by atoms with van der Waals surface area (Å²) >= 11 is 11.7. The molecule has 0 spiro atoms. The number of amides is 1. The van der Waals surface area contributed by atoms with Crippen LogP contribution in [0.15, 0.2) is 18.2 Å². The number of hydrogen-bond donors (Lipinski definition) is 1. The Bertz CT molecular complexity index is 426. The highest BCUT2D eigenvalue weighted by Crippen LogP contribution is 2.23. The summed E-state index contributed by atoms with van der Waals surface area (Å²) in [4.78, 5) is 12.1. The zero-order valence-electron chi connectivity index (χ0n) is 10.2. The summed E-state index contributed by atoms with van der Waals surface area (Å²) in [6, 6.07) is 5.29. The molecule has 1 N–H and O–H groups in total. The normalized spacial score (nSPS) is 17.2. The van der Waals surface area contributed by atoms with Gasteiger partial charge in [0.05, 0.1) is 10.0 Å². The monoisotopic (exact) mass is 285 g/mol. The van der Waals surface area contributed by atoms with Crippen molar-refractivity contribution in [1.29, 1.82) is 0 Å². The maximum Gasteiger partial charge on any atom is 0.251 e. The van der Waals surface area contributed by atoms with Gasteiger partial charge < -0.3 is 5.32 Å². The minimum atomic E-state index is -0.0551. The van der Waals surface area contributed by atoms with Gasteiger partial charge in [-0.3, -0.25) is 4.79 Å². The largest absolute Gasteiger partial charge is 0.349 e. The Hall–Kier alpha value is -0.730. The number of halogens is 2. The molecule has 1 amide bonds. The molecule has 0 bridgehead atoms. The molecule has 1 saturated carbocycles. The molecule has 1 aromatic rings. The molecule has 18 heavy (non-hydrogen) atoms. The first-order chi connectivity index (χ1) is 8.66. The zero-order chi connectivity index (χ0) is 13.0. The molecule has 0 radical (unpaired) electrons. The van der Waals surface area contributed by atoms with E-state index in [1.54, 1.807) is 18.2 Å². The van der Waals surface area contributed by atoms with Crippen LogP contribution in [0.1, 0.15) is 48.9 Å². The Balaban J connectivity index is 1.99. The van der Waals surface area contributed by atoms with Crippen LogP contribution in [-0.2, 0) is 0 Å². The molecule has 0 heterocycles. The third-order valence-corrected chi connectivity index (χ3v) is 4.11. The Kier molecular flexibility index (Phi) is 4.90. The third kappa shape index (κ3) is 3.63. The summed E-state index contributed by atoms with van der Waals surface area (Å²) in [6.07, 6.45) is 7.11. The lowest BCUT2D eigenvalue weighted by Crippen LogP contribution is -2.34. The average Bonchev–Trinajstić information content (AvgIpc) is 2.61. The number of carbonyl (C=O) groups is 1. The van der Waals surface area contributed by atoms with Crippen molar-refractivity contribution in [1.82, 2.24) is 5.32 Å². The summed E-state index contributed by atoms with van der Waals surface area (Å²) in [5.74, 6) is -0.0551. The van der Waals surface area contributed by atoms with Crippen LogP contribution >= 0.6 is 23.2 Å². The van der Waals surface area contributed by atoms with Crippen LogP contribution in [0.3, 0.4) is 0 Å². The van der Waals surface area contributed by atoms with Gasteiger partial charge in [-0.25, -0.2) is 0 Å². The molecule has 1 fully saturated rings. The molecule has 1 aliphatic rings. The van der Waals surface area contributed by atoms with Gasteiger partial charge in [0.1, 0.15) is 0 Å². The topological polar surface area (TPSA) is 29.1 Å². The van der Waals surface area contributed by atoms with E-state index >= 15 is 0 Å². The summed E-state index contributed by atoms with van der Waals surface area (Å²) in [5, 5.41) is 3.98. The van der Waals surface area contributed by atoms with E-state index in [-0.39, 0.29) is 5.91 Å². The molecule has 2 nitrogen and oxygen atoms in total. The van der Waals surface area contributed by atoms with Gasteiger partial charge in [-0.2, -0.15) is 0 Å². The number of carbonyl (C=O) groups excluding carboxylic acids is 1. The van der Waals surface area contributed by atoms with E-state index in [2.05, 4.69) is 5.32 Å². The third-order valence-electron chi connectivity index (χ3n) is 3.37. The first-order valence-corrected chi connectivity index (χ1v) is 7.18. The SMILES string of the molecule is O=C(NC1CCCCCC1)c1ccc(Cl)c(Cl)c1. The molecule has 98 valence electrons. The van der Waals surface area contributed by atoms with Crippen molar-refractivity contribution in [2.45, 2.75) is 44.6 Å². The zero-order valence-corrected chi connectivity index (χ0v) is 11.7. The Morgan fingerprint density at radius 1 is 1.06 bits per heavy atom. The summed E-state index contributed by atoms with van der Waals surface area (Å²) in [6.45, 7) is 0. The highest BCUT2D eigenvalue weighted by Gasteiger charge is 2.16.